The molecule has 0 aromatic rings. The van der Waals surface area contributed by atoms with Gasteiger partial charge in [-0.1, -0.05) is 0 Å². The number of hydrogen-bond acceptors (Lipinski definition) is 4. The molecule has 4 heteroatoms. The highest BCUT2D eigenvalue weighted by Gasteiger charge is 2.44. The van der Waals surface area contributed by atoms with Crippen LogP contribution in [0.1, 0.15) is 6.42 Å². The third-order valence-electron chi connectivity index (χ3n) is 3.15. The van der Waals surface area contributed by atoms with Gasteiger partial charge in [0.2, 0.25) is 0 Å². The first-order valence-corrected chi connectivity index (χ1v) is 4.70. The van der Waals surface area contributed by atoms with Crippen LogP contribution in [0.2, 0.25) is 0 Å². The molecule has 0 saturated carbocycles. The van der Waals surface area contributed by atoms with Crippen LogP contribution in [0.4, 0.5) is 0 Å². The summed E-state index contributed by atoms with van der Waals surface area (Å²) in [5.41, 5.74) is 0. The lowest BCUT2D eigenvalue weighted by molar-refractivity contribution is -0.154. The molecule has 2 saturated heterocycles. The predicted molar refractivity (Wildman–Crippen MR) is 46.1 cm³/mol. The van der Waals surface area contributed by atoms with E-state index < -0.39 is 6.10 Å². The van der Waals surface area contributed by atoms with Crippen LogP contribution in [0.15, 0.2) is 0 Å². The zero-order valence-corrected chi connectivity index (χ0v) is 7.77. The van der Waals surface area contributed by atoms with Gasteiger partial charge in [0.25, 0.3) is 0 Å². The fraction of sp³-hybridized carbons (Fsp3) is 0.889. The molecule has 2 bridgehead atoms. The van der Waals surface area contributed by atoms with Crippen LogP contribution < -0.4 is 0 Å². The third-order valence-corrected chi connectivity index (χ3v) is 3.15. The number of methoxy groups -OCH3 is 1. The van der Waals surface area contributed by atoms with Crippen molar-refractivity contribution in [3.05, 3.63) is 0 Å². The number of ether oxygens (including phenoxy) is 1. The number of piperidine rings is 1. The van der Waals surface area contributed by atoms with Gasteiger partial charge in [-0.05, 0) is 18.9 Å². The summed E-state index contributed by atoms with van der Waals surface area (Å²) in [4.78, 5) is 13.6. The molecule has 4 atom stereocenters. The zero-order valence-electron chi connectivity index (χ0n) is 7.77. The summed E-state index contributed by atoms with van der Waals surface area (Å²) in [6.07, 6.45) is 0.477. The molecular weight excluding hydrogens is 170 g/mol. The summed E-state index contributed by atoms with van der Waals surface area (Å²) >= 11 is 0. The van der Waals surface area contributed by atoms with Crippen LogP contribution in [0.25, 0.3) is 0 Å². The van der Waals surface area contributed by atoms with E-state index in [2.05, 4.69) is 4.90 Å². The standard InChI is InChI=1S/C9H15NO3/c1-13-9(12)8-6-2-3-10(4-6)5-7(8)11/h6-8,11H,2-5H2,1H3. The molecule has 2 heterocycles. The smallest absolute Gasteiger partial charge is 0.311 e. The number of aliphatic hydroxyl groups excluding tert-OH is 1. The Bertz CT molecular complexity index is 219. The van der Waals surface area contributed by atoms with E-state index in [4.69, 9.17) is 4.74 Å². The van der Waals surface area contributed by atoms with Crippen molar-refractivity contribution in [1.82, 2.24) is 4.90 Å². The van der Waals surface area contributed by atoms with E-state index >= 15 is 0 Å². The topological polar surface area (TPSA) is 49.8 Å². The molecule has 0 spiro atoms. The van der Waals surface area contributed by atoms with Gasteiger partial charge in [-0.15, -0.1) is 0 Å². The molecule has 0 radical (unpaired) electrons. The van der Waals surface area contributed by atoms with Crippen molar-refractivity contribution in [1.29, 1.82) is 0 Å². The van der Waals surface area contributed by atoms with Gasteiger partial charge >= 0.3 is 5.97 Å². The molecule has 2 aliphatic rings. The maximum absolute atomic E-state index is 11.4. The zero-order chi connectivity index (χ0) is 9.42. The second-order valence-electron chi connectivity index (χ2n) is 3.92. The van der Waals surface area contributed by atoms with Gasteiger partial charge in [0.15, 0.2) is 0 Å². The van der Waals surface area contributed by atoms with Crippen LogP contribution in [0.5, 0.6) is 0 Å². The Hall–Kier alpha value is -0.610. The van der Waals surface area contributed by atoms with E-state index in [-0.39, 0.29) is 11.9 Å². The van der Waals surface area contributed by atoms with Crippen LogP contribution in [0.3, 0.4) is 0 Å². The Morgan fingerprint density at radius 3 is 3.00 bits per heavy atom. The minimum Gasteiger partial charge on any atom is -0.469 e. The van der Waals surface area contributed by atoms with Crippen molar-refractivity contribution in [2.45, 2.75) is 12.5 Å². The van der Waals surface area contributed by atoms with Gasteiger partial charge in [-0.3, -0.25) is 4.79 Å². The fourth-order valence-electron chi connectivity index (χ4n) is 2.50. The maximum atomic E-state index is 11.4. The predicted octanol–water partition coefficient (Wildman–Crippen LogP) is -0.528. The first-order valence-electron chi connectivity index (χ1n) is 4.70. The SMILES string of the molecule is COC(=O)C1C(O)CN2CCC1C2. The summed E-state index contributed by atoms with van der Waals surface area (Å²) in [5, 5.41) is 9.71. The number of carbonyl (C=O) groups is 1. The Labute approximate surface area is 77.5 Å². The van der Waals surface area contributed by atoms with E-state index in [1.807, 2.05) is 0 Å². The lowest BCUT2D eigenvalue weighted by atomic mass is 9.85. The van der Waals surface area contributed by atoms with Crippen molar-refractivity contribution >= 4 is 5.97 Å². The van der Waals surface area contributed by atoms with Crippen molar-refractivity contribution in [2.24, 2.45) is 11.8 Å². The van der Waals surface area contributed by atoms with E-state index in [0.717, 1.165) is 19.5 Å². The second kappa shape index (κ2) is 3.27. The number of rotatable bonds is 1. The molecule has 0 aliphatic carbocycles. The molecule has 13 heavy (non-hydrogen) atoms. The van der Waals surface area contributed by atoms with Gasteiger partial charge < -0.3 is 14.7 Å². The van der Waals surface area contributed by atoms with Crippen molar-refractivity contribution in [3.8, 4) is 0 Å². The molecule has 2 fully saturated rings. The van der Waals surface area contributed by atoms with E-state index in [1.165, 1.54) is 7.11 Å². The van der Waals surface area contributed by atoms with Crippen LogP contribution in [-0.4, -0.2) is 48.8 Å². The van der Waals surface area contributed by atoms with Crippen LogP contribution >= 0.6 is 0 Å². The first kappa shape index (κ1) is 8.97. The molecule has 0 amide bonds. The maximum Gasteiger partial charge on any atom is 0.311 e. The monoisotopic (exact) mass is 185 g/mol. The molecule has 74 valence electrons. The van der Waals surface area contributed by atoms with Gasteiger partial charge in [0.1, 0.15) is 0 Å². The second-order valence-corrected chi connectivity index (χ2v) is 3.92. The highest BCUT2D eigenvalue weighted by Crippen LogP contribution is 2.32. The molecule has 4 unspecified atom stereocenters. The average Bonchev–Trinajstić information content (AvgIpc) is 2.48. The Morgan fingerprint density at radius 2 is 2.31 bits per heavy atom. The number of fused-ring (bicyclic) bond motifs is 2. The fourth-order valence-corrected chi connectivity index (χ4v) is 2.50. The Kier molecular flexibility index (Phi) is 2.26. The Morgan fingerprint density at radius 1 is 1.54 bits per heavy atom. The van der Waals surface area contributed by atoms with Gasteiger partial charge in [0.05, 0.1) is 19.1 Å². The lowest BCUT2D eigenvalue weighted by Gasteiger charge is -2.32. The van der Waals surface area contributed by atoms with Crippen molar-refractivity contribution < 1.29 is 14.6 Å². The molecule has 2 aliphatic heterocycles. The number of hydrogen-bond donors (Lipinski definition) is 1. The molecule has 0 aromatic heterocycles. The minimum atomic E-state index is -0.534. The van der Waals surface area contributed by atoms with E-state index in [0.29, 0.717) is 12.5 Å². The van der Waals surface area contributed by atoms with Gasteiger partial charge in [0, 0.05) is 13.1 Å². The highest BCUT2D eigenvalue weighted by molar-refractivity contribution is 5.73. The molecule has 0 aromatic carbocycles. The number of carbonyl (C=O) groups excluding carboxylic acids is 1. The number of aliphatic hydroxyl groups is 1. The quantitative estimate of drug-likeness (QED) is 0.558. The normalized spacial score (nSPS) is 43.2. The van der Waals surface area contributed by atoms with E-state index in [9.17, 15) is 9.90 Å². The largest absolute Gasteiger partial charge is 0.469 e. The summed E-state index contributed by atoms with van der Waals surface area (Å²) in [6, 6.07) is 0. The third kappa shape index (κ3) is 1.44. The molecule has 2 rings (SSSR count). The Balaban J connectivity index is 2.11. The van der Waals surface area contributed by atoms with Crippen molar-refractivity contribution in [2.75, 3.05) is 26.7 Å². The van der Waals surface area contributed by atoms with Gasteiger partial charge in [-0.2, -0.15) is 0 Å². The van der Waals surface area contributed by atoms with E-state index in [1.54, 1.807) is 0 Å². The van der Waals surface area contributed by atoms with Crippen LogP contribution in [-0.2, 0) is 9.53 Å². The summed E-state index contributed by atoms with van der Waals surface area (Å²) < 4.78 is 4.69. The molecular formula is C9H15NO3. The summed E-state index contributed by atoms with van der Waals surface area (Å²) in [7, 11) is 1.39. The number of esters is 1. The first-order chi connectivity index (χ1) is 6.22. The highest BCUT2D eigenvalue weighted by atomic mass is 16.5. The average molecular weight is 185 g/mol. The summed E-state index contributed by atoms with van der Waals surface area (Å²) in [6.45, 7) is 2.57. The van der Waals surface area contributed by atoms with Crippen molar-refractivity contribution in [3.63, 3.8) is 0 Å². The number of nitrogens with zero attached hydrogens (tertiary/aromatic N) is 1. The van der Waals surface area contributed by atoms with Gasteiger partial charge in [-0.25, -0.2) is 0 Å². The molecule has 4 nitrogen and oxygen atoms in total. The summed E-state index contributed by atoms with van der Waals surface area (Å²) in [5.74, 6) is -0.237. The van der Waals surface area contributed by atoms with Crippen LogP contribution in [0, 0.1) is 11.8 Å². The lowest BCUT2D eigenvalue weighted by Crippen LogP contribution is -2.47. The molecule has 1 N–H and O–H groups in total. The minimum absolute atomic E-state index is 0.251.